The molecule has 1 saturated heterocycles. The van der Waals surface area contributed by atoms with E-state index in [1.165, 1.54) is 6.08 Å². The molecular weight excluding hydrogens is 532 g/mol. The standard InChI is InChI=1S/C29H31BrN4O3/c30-23-10-12-24(13-11-23)32-29(36)25(15-16-34-17-19-37-20-18-34)22-8-5-21(6-9-22)7-14-28(35)33-27-4-2-1-3-26(27)31/h1-14,25H,15-20,31H2,(H,32,36)(H,33,35)/b14-7+. The van der Waals surface area contributed by atoms with Crippen LogP contribution in [0.25, 0.3) is 6.08 Å². The van der Waals surface area contributed by atoms with Gasteiger partial charge >= 0.3 is 0 Å². The molecule has 1 atom stereocenters. The molecule has 8 heteroatoms. The van der Waals surface area contributed by atoms with Crippen molar-refractivity contribution in [1.29, 1.82) is 0 Å². The molecule has 1 heterocycles. The van der Waals surface area contributed by atoms with E-state index in [1.54, 1.807) is 18.2 Å². The summed E-state index contributed by atoms with van der Waals surface area (Å²) in [6.07, 6.45) is 3.90. The number of rotatable bonds is 9. The van der Waals surface area contributed by atoms with Crippen LogP contribution in [0.1, 0.15) is 23.5 Å². The summed E-state index contributed by atoms with van der Waals surface area (Å²) in [5, 5.41) is 5.84. The number of nitrogen functional groups attached to an aromatic ring is 1. The van der Waals surface area contributed by atoms with Crippen LogP contribution in [0.3, 0.4) is 0 Å². The van der Waals surface area contributed by atoms with E-state index in [2.05, 4.69) is 31.5 Å². The molecule has 0 aromatic heterocycles. The van der Waals surface area contributed by atoms with Gasteiger partial charge < -0.3 is 21.1 Å². The molecule has 4 N–H and O–H groups in total. The van der Waals surface area contributed by atoms with E-state index in [4.69, 9.17) is 10.5 Å². The number of carbonyl (C=O) groups excluding carboxylic acids is 2. The van der Waals surface area contributed by atoms with E-state index < -0.39 is 0 Å². The number of carbonyl (C=O) groups is 2. The number of benzene rings is 3. The molecule has 3 aromatic rings. The minimum Gasteiger partial charge on any atom is -0.397 e. The van der Waals surface area contributed by atoms with Crippen LogP contribution >= 0.6 is 15.9 Å². The Morgan fingerprint density at radius 3 is 2.38 bits per heavy atom. The molecule has 0 aliphatic carbocycles. The van der Waals surface area contributed by atoms with Gasteiger partial charge in [0.1, 0.15) is 0 Å². The number of hydrogen-bond donors (Lipinski definition) is 3. The lowest BCUT2D eigenvalue weighted by atomic mass is 9.93. The molecular formula is C29H31BrN4O3. The van der Waals surface area contributed by atoms with Crippen molar-refractivity contribution in [2.75, 3.05) is 49.2 Å². The zero-order valence-corrected chi connectivity index (χ0v) is 22.1. The summed E-state index contributed by atoms with van der Waals surface area (Å²) in [6, 6.07) is 22.4. The third kappa shape index (κ3) is 8.01. The molecule has 1 fully saturated rings. The summed E-state index contributed by atoms with van der Waals surface area (Å²) >= 11 is 3.43. The monoisotopic (exact) mass is 562 g/mol. The second kappa shape index (κ2) is 13.2. The topological polar surface area (TPSA) is 96.7 Å². The lowest BCUT2D eigenvalue weighted by Crippen LogP contribution is -2.38. The predicted molar refractivity (Wildman–Crippen MR) is 152 cm³/mol. The minimum atomic E-state index is -0.311. The quantitative estimate of drug-likeness (QED) is 0.248. The summed E-state index contributed by atoms with van der Waals surface area (Å²) < 4.78 is 6.41. The third-order valence-electron chi connectivity index (χ3n) is 6.25. The van der Waals surface area contributed by atoms with E-state index in [0.717, 1.165) is 54.1 Å². The molecule has 0 saturated carbocycles. The van der Waals surface area contributed by atoms with Crippen LogP contribution in [0.15, 0.2) is 83.3 Å². The maximum Gasteiger partial charge on any atom is 0.248 e. The first-order valence-corrected chi connectivity index (χ1v) is 13.1. The van der Waals surface area contributed by atoms with Gasteiger partial charge in [-0.25, -0.2) is 0 Å². The van der Waals surface area contributed by atoms with Gasteiger partial charge in [0.15, 0.2) is 0 Å². The molecule has 2 amide bonds. The Hall–Kier alpha value is -3.46. The number of halogens is 1. The Morgan fingerprint density at radius 2 is 1.68 bits per heavy atom. The molecule has 0 bridgehead atoms. The van der Waals surface area contributed by atoms with E-state index in [1.807, 2.05) is 60.7 Å². The van der Waals surface area contributed by atoms with Crippen LogP contribution in [0, 0.1) is 0 Å². The Morgan fingerprint density at radius 1 is 0.973 bits per heavy atom. The Balaban J connectivity index is 1.43. The van der Waals surface area contributed by atoms with E-state index in [-0.39, 0.29) is 17.7 Å². The number of morpholine rings is 1. The number of ether oxygens (including phenoxy) is 1. The van der Waals surface area contributed by atoms with Gasteiger partial charge in [0.05, 0.1) is 30.5 Å². The number of para-hydroxylation sites is 2. The molecule has 3 aromatic carbocycles. The normalized spacial score (nSPS) is 14.8. The second-order valence-corrected chi connectivity index (χ2v) is 9.78. The molecule has 7 nitrogen and oxygen atoms in total. The summed E-state index contributed by atoms with van der Waals surface area (Å²) in [5.74, 6) is -0.619. The van der Waals surface area contributed by atoms with Crippen molar-refractivity contribution >= 4 is 50.9 Å². The first-order chi connectivity index (χ1) is 18.0. The van der Waals surface area contributed by atoms with E-state index in [0.29, 0.717) is 17.8 Å². The first kappa shape index (κ1) is 26.6. The van der Waals surface area contributed by atoms with Gasteiger partial charge in [0.25, 0.3) is 0 Å². The smallest absolute Gasteiger partial charge is 0.248 e. The fraction of sp³-hybridized carbons (Fsp3) is 0.241. The fourth-order valence-corrected chi connectivity index (χ4v) is 4.41. The largest absolute Gasteiger partial charge is 0.397 e. The average Bonchev–Trinajstić information content (AvgIpc) is 2.91. The van der Waals surface area contributed by atoms with Crippen molar-refractivity contribution in [3.8, 4) is 0 Å². The van der Waals surface area contributed by atoms with Gasteiger partial charge in [-0.05, 0) is 66.6 Å². The van der Waals surface area contributed by atoms with E-state index >= 15 is 0 Å². The highest BCUT2D eigenvalue weighted by atomic mass is 79.9. The van der Waals surface area contributed by atoms with Crippen LogP contribution in [-0.2, 0) is 14.3 Å². The summed E-state index contributed by atoms with van der Waals surface area (Å²) in [6.45, 7) is 4.01. The number of nitrogens with zero attached hydrogens (tertiary/aromatic N) is 1. The van der Waals surface area contributed by atoms with Crippen molar-refractivity contribution in [1.82, 2.24) is 4.90 Å². The fourth-order valence-electron chi connectivity index (χ4n) is 4.14. The van der Waals surface area contributed by atoms with Crippen LogP contribution in [0.4, 0.5) is 17.1 Å². The minimum absolute atomic E-state index is 0.0429. The highest BCUT2D eigenvalue weighted by Crippen LogP contribution is 2.25. The van der Waals surface area contributed by atoms with Crippen molar-refractivity contribution in [3.63, 3.8) is 0 Å². The maximum atomic E-state index is 13.3. The predicted octanol–water partition coefficient (Wildman–Crippen LogP) is 5.13. The molecule has 192 valence electrons. The molecule has 4 rings (SSSR count). The summed E-state index contributed by atoms with van der Waals surface area (Å²) in [5.41, 5.74) is 9.53. The van der Waals surface area contributed by atoms with Gasteiger partial charge in [-0.2, -0.15) is 0 Å². The van der Waals surface area contributed by atoms with Gasteiger partial charge in [0.2, 0.25) is 11.8 Å². The summed E-state index contributed by atoms with van der Waals surface area (Å²) in [7, 11) is 0. The number of hydrogen-bond acceptors (Lipinski definition) is 5. The maximum absolute atomic E-state index is 13.3. The third-order valence-corrected chi connectivity index (χ3v) is 6.78. The molecule has 0 radical (unpaired) electrons. The lowest BCUT2D eigenvalue weighted by molar-refractivity contribution is -0.118. The molecule has 1 aliphatic rings. The van der Waals surface area contributed by atoms with Crippen LogP contribution in [0.5, 0.6) is 0 Å². The molecule has 37 heavy (non-hydrogen) atoms. The highest BCUT2D eigenvalue weighted by molar-refractivity contribution is 9.10. The van der Waals surface area contributed by atoms with Gasteiger partial charge in [0, 0.05) is 29.3 Å². The zero-order chi connectivity index (χ0) is 26.0. The number of nitrogens with one attached hydrogen (secondary N) is 2. The Kier molecular flexibility index (Phi) is 9.48. The van der Waals surface area contributed by atoms with Crippen molar-refractivity contribution < 1.29 is 14.3 Å². The second-order valence-electron chi connectivity index (χ2n) is 8.87. The van der Waals surface area contributed by atoms with Crippen LogP contribution < -0.4 is 16.4 Å². The average molecular weight is 563 g/mol. The number of amides is 2. The van der Waals surface area contributed by atoms with Gasteiger partial charge in [-0.3, -0.25) is 14.5 Å². The van der Waals surface area contributed by atoms with Crippen molar-refractivity contribution in [2.24, 2.45) is 0 Å². The van der Waals surface area contributed by atoms with Gasteiger partial charge in [-0.15, -0.1) is 0 Å². The van der Waals surface area contributed by atoms with Crippen LogP contribution in [-0.4, -0.2) is 49.6 Å². The first-order valence-electron chi connectivity index (χ1n) is 12.3. The Bertz CT molecular complexity index is 1220. The SMILES string of the molecule is Nc1ccccc1NC(=O)/C=C/c1ccc(C(CCN2CCOCC2)C(=O)Nc2ccc(Br)cc2)cc1. The highest BCUT2D eigenvalue weighted by Gasteiger charge is 2.22. The number of anilines is 3. The van der Waals surface area contributed by atoms with E-state index in [9.17, 15) is 9.59 Å². The molecule has 0 spiro atoms. The molecule has 1 unspecified atom stereocenters. The van der Waals surface area contributed by atoms with Crippen molar-refractivity contribution in [3.05, 3.63) is 94.5 Å². The lowest BCUT2D eigenvalue weighted by Gasteiger charge is -2.28. The van der Waals surface area contributed by atoms with Crippen LogP contribution in [0.2, 0.25) is 0 Å². The van der Waals surface area contributed by atoms with Gasteiger partial charge in [-0.1, -0.05) is 52.3 Å². The number of nitrogens with two attached hydrogens (primary N) is 1. The zero-order valence-electron chi connectivity index (χ0n) is 20.5. The van der Waals surface area contributed by atoms with Crippen molar-refractivity contribution in [2.45, 2.75) is 12.3 Å². The summed E-state index contributed by atoms with van der Waals surface area (Å²) in [4.78, 5) is 28.0. The molecule has 1 aliphatic heterocycles. The Labute approximate surface area is 225 Å².